The molecule has 12 heteroatoms. The average Bonchev–Trinajstić information content (AvgIpc) is 3.27. The van der Waals surface area contributed by atoms with Gasteiger partial charge in [-0.2, -0.15) is 0 Å². The lowest BCUT2D eigenvalue weighted by molar-refractivity contribution is -0.113. The summed E-state index contributed by atoms with van der Waals surface area (Å²) < 4.78 is 1.80. The van der Waals surface area contributed by atoms with E-state index >= 15 is 0 Å². The van der Waals surface area contributed by atoms with E-state index in [9.17, 15) is 9.59 Å². The fourth-order valence-corrected chi connectivity index (χ4v) is 4.14. The van der Waals surface area contributed by atoms with Crippen LogP contribution in [-0.2, 0) is 18.3 Å². The van der Waals surface area contributed by atoms with Crippen molar-refractivity contribution in [3.63, 3.8) is 0 Å². The maximum atomic E-state index is 12.2. The molecule has 0 radical (unpaired) electrons. The number of rotatable bonds is 8. The molecular formula is C18H18Cl2N6O2S2. The largest absolute Gasteiger partial charge is 0.352 e. The summed E-state index contributed by atoms with van der Waals surface area (Å²) in [5, 5.41) is 17.6. The summed E-state index contributed by atoms with van der Waals surface area (Å²) in [7, 11) is 1.82. The Kier molecular flexibility index (Phi) is 7.70. The number of nitrogens with zero attached hydrogens (tertiary/aromatic N) is 4. The van der Waals surface area contributed by atoms with Gasteiger partial charge in [-0.25, -0.2) is 4.98 Å². The quantitative estimate of drug-likeness (QED) is 0.473. The zero-order valence-corrected chi connectivity index (χ0v) is 19.3. The number of thioether (sulfide) groups is 1. The van der Waals surface area contributed by atoms with Gasteiger partial charge in [0.05, 0.1) is 21.5 Å². The highest BCUT2D eigenvalue weighted by molar-refractivity contribution is 7.99. The van der Waals surface area contributed by atoms with Crippen molar-refractivity contribution in [3.05, 3.63) is 50.7 Å². The molecule has 0 spiro atoms. The smallest absolute Gasteiger partial charge is 0.251 e. The molecule has 0 fully saturated rings. The van der Waals surface area contributed by atoms with E-state index in [-0.39, 0.29) is 17.6 Å². The summed E-state index contributed by atoms with van der Waals surface area (Å²) in [6.07, 6.45) is 0.488. The van der Waals surface area contributed by atoms with Crippen molar-refractivity contribution in [1.82, 2.24) is 25.1 Å². The Bertz CT molecular complexity index is 1070. The lowest BCUT2D eigenvalue weighted by Crippen LogP contribution is -2.26. The number of thiazole rings is 1. The molecule has 3 rings (SSSR count). The number of carbonyl (C=O) groups is 2. The second-order valence-electron chi connectivity index (χ2n) is 6.22. The number of nitrogens with one attached hydrogen (secondary N) is 2. The van der Waals surface area contributed by atoms with E-state index in [1.54, 1.807) is 16.7 Å². The van der Waals surface area contributed by atoms with Crippen LogP contribution in [0.5, 0.6) is 0 Å². The molecule has 0 aliphatic carbocycles. The van der Waals surface area contributed by atoms with Crippen molar-refractivity contribution >= 4 is 63.2 Å². The van der Waals surface area contributed by atoms with E-state index < -0.39 is 0 Å². The van der Waals surface area contributed by atoms with Crippen LogP contribution in [0.4, 0.5) is 5.13 Å². The Hall–Kier alpha value is -2.14. The van der Waals surface area contributed by atoms with Crippen LogP contribution < -0.4 is 10.6 Å². The summed E-state index contributed by atoms with van der Waals surface area (Å²) in [6, 6.07) is 4.71. The van der Waals surface area contributed by atoms with Gasteiger partial charge >= 0.3 is 0 Å². The molecular weight excluding hydrogens is 467 g/mol. The van der Waals surface area contributed by atoms with Gasteiger partial charge in [0.1, 0.15) is 5.82 Å². The summed E-state index contributed by atoms with van der Waals surface area (Å²) in [4.78, 5) is 28.5. The van der Waals surface area contributed by atoms with Crippen molar-refractivity contribution in [2.24, 2.45) is 7.05 Å². The Labute approximate surface area is 191 Å². The van der Waals surface area contributed by atoms with Crippen LogP contribution in [0.25, 0.3) is 0 Å². The molecule has 0 unspecified atom stereocenters. The van der Waals surface area contributed by atoms with Gasteiger partial charge in [-0.15, -0.1) is 21.5 Å². The Balaban J connectivity index is 1.47. The van der Waals surface area contributed by atoms with E-state index in [2.05, 4.69) is 25.8 Å². The first kappa shape index (κ1) is 22.5. The summed E-state index contributed by atoms with van der Waals surface area (Å²) in [5.74, 6) is 0.480. The van der Waals surface area contributed by atoms with Crippen molar-refractivity contribution in [2.75, 3.05) is 17.6 Å². The molecule has 0 atom stereocenters. The summed E-state index contributed by atoms with van der Waals surface area (Å²) in [6.45, 7) is 2.24. The number of carbonyl (C=O) groups excluding carboxylic acids is 2. The van der Waals surface area contributed by atoms with Gasteiger partial charge < -0.3 is 15.2 Å². The van der Waals surface area contributed by atoms with E-state index in [4.69, 9.17) is 23.2 Å². The number of aryl methyl sites for hydroxylation is 1. The molecule has 8 nitrogen and oxygen atoms in total. The Morgan fingerprint density at radius 3 is 2.73 bits per heavy atom. The van der Waals surface area contributed by atoms with E-state index in [0.29, 0.717) is 44.7 Å². The molecule has 2 heterocycles. The highest BCUT2D eigenvalue weighted by atomic mass is 35.5. The van der Waals surface area contributed by atoms with Crippen LogP contribution in [0.15, 0.2) is 28.7 Å². The lowest BCUT2D eigenvalue weighted by Gasteiger charge is -2.07. The SMILES string of the molecule is Cc1csc(NC(=O)CSc2nnc(CCNC(=O)c3ccc(Cl)c(Cl)c3)n2C)n1. The lowest BCUT2D eigenvalue weighted by atomic mass is 10.2. The van der Waals surface area contributed by atoms with Crippen LogP contribution in [0, 0.1) is 6.92 Å². The number of amides is 2. The maximum absolute atomic E-state index is 12.2. The first-order valence-corrected chi connectivity index (χ1v) is 11.4. The molecule has 30 heavy (non-hydrogen) atoms. The average molecular weight is 485 g/mol. The molecule has 2 aromatic heterocycles. The molecule has 0 aliphatic heterocycles. The van der Waals surface area contributed by atoms with E-state index in [0.717, 1.165) is 5.69 Å². The van der Waals surface area contributed by atoms with Gasteiger partial charge in [-0.05, 0) is 25.1 Å². The number of anilines is 1. The van der Waals surface area contributed by atoms with Crippen molar-refractivity contribution in [2.45, 2.75) is 18.5 Å². The third-order valence-corrected chi connectivity index (χ3v) is 6.57. The van der Waals surface area contributed by atoms with Crippen molar-refractivity contribution < 1.29 is 9.59 Å². The van der Waals surface area contributed by atoms with Gasteiger partial charge in [-0.3, -0.25) is 9.59 Å². The van der Waals surface area contributed by atoms with Gasteiger partial charge in [-0.1, -0.05) is 35.0 Å². The molecule has 0 bridgehead atoms. The second kappa shape index (κ2) is 10.3. The molecule has 2 amide bonds. The number of halogens is 2. The standard InChI is InChI=1S/C18H18Cl2N6O2S2/c1-10-8-29-17(22-10)23-15(27)9-30-18-25-24-14(26(18)2)5-6-21-16(28)11-3-4-12(19)13(20)7-11/h3-4,7-8H,5-6,9H2,1-2H3,(H,21,28)(H,22,23,27). The zero-order valence-electron chi connectivity index (χ0n) is 16.1. The predicted molar refractivity (Wildman–Crippen MR) is 120 cm³/mol. The summed E-state index contributed by atoms with van der Waals surface area (Å²) >= 11 is 14.5. The molecule has 2 N–H and O–H groups in total. The molecule has 3 aromatic rings. The van der Waals surface area contributed by atoms with Crippen molar-refractivity contribution in [1.29, 1.82) is 0 Å². The molecule has 1 aromatic carbocycles. The van der Waals surface area contributed by atoms with Crippen molar-refractivity contribution in [3.8, 4) is 0 Å². The monoisotopic (exact) mass is 484 g/mol. The van der Waals surface area contributed by atoms with Gasteiger partial charge in [0.2, 0.25) is 5.91 Å². The maximum Gasteiger partial charge on any atom is 0.251 e. The van der Waals surface area contributed by atoms with E-state index in [1.165, 1.54) is 29.2 Å². The predicted octanol–water partition coefficient (Wildman–Crippen LogP) is 3.59. The molecule has 158 valence electrons. The van der Waals surface area contributed by atoms with Gasteiger partial charge in [0, 0.05) is 31.0 Å². The number of hydrogen-bond donors (Lipinski definition) is 2. The third kappa shape index (κ3) is 5.94. The molecule has 0 saturated heterocycles. The van der Waals surface area contributed by atoms with Crippen LogP contribution in [0.1, 0.15) is 21.9 Å². The first-order valence-electron chi connectivity index (χ1n) is 8.80. The fraction of sp³-hybridized carbons (Fsp3) is 0.278. The molecule has 0 aliphatic rings. The Morgan fingerprint density at radius 1 is 1.23 bits per heavy atom. The third-order valence-electron chi connectivity index (χ3n) is 3.94. The van der Waals surface area contributed by atoms with Crippen LogP contribution >= 0.6 is 46.3 Å². The van der Waals surface area contributed by atoms with Crippen LogP contribution in [0.2, 0.25) is 10.0 Å². The van der Waals surface area contributed by atoms with Crippen LogP contribution in [0.3, 0.4) is 0 Å². The minimum absolute atomic E-state index is 0.159. The number of benzene rings is 1. The highest BCUT2D eigenvalue weighted by Crippen LogP contribution is 2.22. The topological polar surface area (TPSA) is 102 Å². The summed E-state index contributed by atoms with van der Waals surface area (Å²) in [5.41, 5.74) is 1.30. The van der Waals surface area contributed by atoms with Crippen LogP contribution in [-0.4, -0.2) is 43.9 Å². The minimum atomic E-state index is -0.251. The van der Waals surface area contributed by atoms with E-state index in [1.807, 2.05) is 19.4 Å². The molecule has 0 saturated carbocycles. The number of hydrogen-bond acceptors (Lipinski definition) is 7. The fourth-order valence-electron chi connectivity index (χ4n) is 2.41. The normalized spacial score (nSPS) is 10.8. The van der Waals surface area contributed by atoms with Gasteiger partial charge in [0.25, 0.3) is 5.91 Å². The Morgan fingerprint density at radius 2 is 2.03 bits per heavy atom. The zero-order chi connectivity index (χ0) is 21.7. The highest BCUT2D eigenvalue weighted by Gasteiger charge is 2.13. The first-order chi connectivity index (χ1) is 14.3. The number of aromatic nitrogens is 4. The van der Waals surface area contributed by atoms with Gasteiger partial charge in [0.15, 0.2) is 10.3 Å². The second-order valence-corrected chi connectivity index (χ2v) is 8.84. The minimum Gasteiger partial charge on any atom is -0.352 e.